The fraction of sp³-hybridized carbons (Fsp3) is 0.600. The Bertz CT molecular complexity index is 383. The molecule has 0 radical (unpaired) electrons. The highest BCUT2D eigenvalue weighted by Gasteiger charge is 2.26. The largest absolute Gasteiger partial charge is 0.307 e. The van der Waals surface area contributed by atoms with Gasteiger partial charge in [0, 0.05) is 22.9 Å². The molecule has 0 heterocycles. The molecule has 1 aromatic carbocycles. The predicted molar refractivity (Wildman–Crippen MR) is 77.5 cm³/mol. The molecule has 0 amide bonds. The molecule has 1 nitrogen and oxygen atoms in total. The van der Waals surface area contributed by atoms with E-state index in [2.05, 4.69) is 18.5 Å². The maximum Gasteiger partial charge on any atom is 0.127 e. The van der Waals surface area contributed by atoms with Gasteiger partial charge in [-0.25, -0.2) is 4.39 Å². The van der Waals surface area contributed by atoms with E-state index in [4.69, 9.17) is 0 Å². The Balaban J connectivity index is 2.00. The highest BCUT2D eigenvalue weighted by molar-refractivity contribution is 7.99. The predicted octanol–water partition coefficient (Wildman–Crippen LogP) is 4.15. The van der Waals surface area contributed by atoms with Crippen molar-refractivity contribution in [3.05, 3.63) is 35.6 Å². The second-order valence-electron chi connectivity index (χ2n) is 5.02. The number of rotatable bonds is 5. The third-order valence-electron chi connectivity index (χ3n) is 3.84. The average molecular weight is 267 g/mol. The van der Waals surface area contributed by atoms with E-state index in [1.807, 2.05) is 23.9 Å². The molecule has 0 aromatic heterocycles. The summed E-state index contributed by atoms with van der Waals surface area (Å²) in [4.78, 5) is 0. The fourth-order valence-electron chi connectivity index (χ4n) is 2.78. The number of hydrogen-bond donors (Lipinski definition) is 1. The van der Waals surface area contributed by atoms with Gasteiger partial charge in [-0.1, -0.05) is 25.1 Å². The zero-order chi connectivity index (χ0) is 13.0. The molecule has 0 spiro atoms. The van der Waals surface area contributed by atoms with Gasteiger partial charge in [-0.05, 0) is 38.0 Å². The first-order valence-corrected chi connectivity index (χ1v) is 8.06. The lowest BCUT2D eigenvalue weighted by molar-refractivity contribution is 0.418. The summed E-state index contributed by atoms with van der Waals surface area (Å²) in [6, 6.07) is 7.83. The van der Waals surface area contributed by atoms with E-state index in [9.17, 15) is 4.39 Å². The van der Waals surface area contributed by atoms with Crippen LogP contribution < -0.4 is 5.32 Å². The minimum absolute atomic E-state index is 0.0868. The van der Waals surface area contributed by atoms with Crippen molar-refractivity contribution in [2.45, 2.75) is 49.9 Å². The number of hydrogen-bond acceptors (Lipinski definition) is 2. The summed E-state index contributed by atoms with van der Waals surface area (Å²) >= 11 is 1.96. The summed E-state index contributed by atoms with van der Waals surface area (Å²) in [6.07, 6.45) is 6.83. The summed E-state index contributed by atoms with van der Waals surface area (Å²) in [7, 11) is 0. The van der Waals surface area contributed by atoms with E-state index in [0.29, 0.717) is 6.04 Å². The molecule has 1 N–H and O–H groups in total. The molecule has 3 unspecified atom stereocenters. The summed E-state index contributed by atoms with van der Waals surface area (Å²) in [5.74, 6) is -0.0868. The molecule has 1 fully saturated rings. The zero-order valence-electron chi connectivity index (χ0n) is 11.2. The van der Waals surface area contributed by atoms with E-state index in [-0.39, 0.29) is 11.9 Å². The molecule has 1 aliphatic carbocycles. The first-order chi connectivity index (χ1) is 8.74. The van der Waals surface area contributed by atoms with Crippen molar-refractivity contribution in [1.29, 1.82) is 0 Å². The smallest absolute Gasteiger partial charge is 0.127 e. The Morgan fingerprint density at radius 1 is 1.39 bits per heavy atom. The van der Waals surface area contributed by atoms with Gasteiger partial charge in [0.15, 0.2) is 0 Å². The van der Waals surface area contributed by atoms with Gasteiger partial charge in [-0.15, -0.1) is 0 Å². The molecule has 1 aromatic rings. The molecule has 0 bridgehead atoms. The Kier molecular flexibility index (Phi) is 5.07. The van der Waals surface area contributed by atoms with Crippen LogP contribution in [0.5, 0.6) is 0 Å². The lowest BCUT2D eigenvalue weighted by atomic mass is 10.0. The highest BCUT2D eigenvalue weighted by Crippen LogP contribution is 2.30. The maximum atomic E-state index is 13.8. The van der Waals surface area contributed by atoms with E-state index in [1.165, 1.54) is 19.3 Å². The monoisotopic (exact) mass is 267 g/mol. The van der Waals surface area contributed by atoms with Crippen molar-refractivity contribution in [3.8, 4) is 0 Å². The van der Waals surface area contributed by atoms with Crippen LogP contribution in [-0.2, 0) is 0 Å². The summed E-state index contributed by atoms with van der Waals surface area (Å²) in [6.45, 7) is 2.12. The second-order valence-corrected chi connectivity index (χ2v) is 6.15. The van der Waals surface area contributed by atoms with E-state index >= 15 is 0 Å². The van der Waals surface area contributed by atoms with Crippen molar-refractivity contribution < 1.29 is 4.39 Å². The van der Waals surface area contributed by atoms with Gasteiger partial charge >= 0.3 is 0 Å². The molecule has 0 saturated heterocycles. The van der Waals surface area contributed by atoms with Crippen LogP contribution in [0, 0.1) is 5.82 Å². The lowest BCUT2D eigenvalue weighted by Gasteiger charge is -2.22. The van der Waals surface area contributed by atoms with Crippen LogP contribution in [0.25, 0.3) is 0 Å². The van der Waals surface area contributed by atoms with Crippen LogP contribution in [0.4, 0.5) is 4.39 Å². The summed E-state index contributed by atoms with van der Waals surface area (Å²) < 4.78 is 13.8. The quantitative estimate of drug-likeness (QED) is 0.860. The average Bonchev–Trinajstić information content (AvgIpc) is 2.85. The molecule has 3 heteroatoms. The van der Waals surface area contributed by atoms with Gasteiger partial charge in [-0.2, -0.15) is 11.8 Å². The van der Waals surface area contributed by atoms with Crippen LogP contribution in [-0.4, -0.2) is 17.5 Å². The van der Waals surface area contributed by atoms with Gasteiger partial charge in [0.25, 0.3) is 0 Å². The summed E-state index contributed by atoms with van der Waals surface area (Å²) in [5.41, 5.74) is 0.813. The molecule has 3 atom stereocenters. The molecular weight excluding hydrogens is 245 g/mol. The standard InChI is InChI=1S/C15H22FNS/c1-3-15(13-6-4-5-7-14(13)16)17-11-8-9-12(10-11)18-2/h4-7,11-12,15,17H,3,8-10H2,1-2H3. The number of halogens is 1. The molecule has 1 aliphatic rings. The number of benzene rings is 1. The van der Waals surface area contributed by atoms with Crippen molar-refractivity contribution >= 4 is 11.8 Å². The van der Waals surface area contributed by atoms with Gasteiger partial charge in [0.05, 0.1) is 0 Å². The first kappa shape index (κ1) is 13.9. The second kappa shape index (κ2) is 6.58. The van der Waals surface area contributed by atoms with Gasteiger partial charge in [0.2, 0.25) is 0 Å². The summed E-state index contributed by atoms with van der Waals surface area (Å²) in [5, 5.41) is 4.41. The SMILES string of the molecule is CCC(NC1CCC(SC)C1)c1ccccc1F. The highest BCUT2D eigenvalue weighted by atomic mass is 32.2. The fourth-order valence-corrected chi connectivity index (χ4v) is 3.57. The van der Waals surface area contributed by atoms with Gasteiger partial charge in [0.1, 0.15) is 5.82 Å². The van der Waals surface area contributed by atoms with Gasteiger partial charge < -0.3 is 5.32 Å². The molecule has 1 saturated carbocycles. The lowest BCUT2D eigenvalue weighted by Crippen LogP contribution is -2.31. The Morgan fingerprint density at radius 3 is 2.78 bits per heavy atom. The normalized spacial score (nSPS) is 25.3. The van der Waals surface area contributed by atoms with Crippen molar-refractivity contribution in [2.24, 2.45) is 0 Å². The van der Waals surface area contributed by atoms with Crippen molar-refractivity contribution in [1.82, 2.24) is 5.32 Å². The van der Waals surface area contributed by atoms with E-state index in [0.717, 1.165) is 17.2 Å². The van der Waals surface area contributed by atoms with Crippen molar-refractivity contribution in [3.63, 3.8) is 0 Å². The van der Waals surface area contributed by atoms with Crippen LogP contribution in [0.15, 0.2) is 24.3 Å². The van der Waals surface area contributed by atoms with Crippen molar-refractivity contribution in [2.75, 3.05) is 6.26 Å². The number of nitrogens with one attached hydrogen (secondary N) is 1. The minimum atomic E-state index is -0.0868. The molecular formula is C15H22FNS. The topological polar surface area (TPSA) is 12.0 Å². The van der Waals surface area contributed by atoms with E-state index < -0.39 is 0 Å². The molecule has 18 heavy (non-hydrogen) atoms. The third-order valence-corrected chi connectivity index (χ3v) is 4.94. The number of thioether (sulfide) groups is 1. The van der Waals surface area contributed by atoms with Crippen LogP contribution in [0.1, 0.15) is 44.2 Å². The van der Waals surface area contributed by atoms with Crippen LogP contribution in [0.2, 0.25) is 0 Å². The van der Waals surface area contributed by atoms with Crippen LogP contribution >= 0.6 is 11.8 Å². The van der Waals surface area contributed by atoms with Crippen LogP contribution in [0.3, 0.4) is 0 Å². The third kappa shape index (κ3) is 3.27. The Morgan fingerprint density at radius 2 is 2.17 bits per heavy atom. The maximum absolute atomic E-state index is 13.8. The first-order valence-electron chi connectivity index (χ1n) is 6.77. The van der Waals surface area contributed by atoms with Gasteiger partial charge in [-0.3, -0.25) is 0 Å². The Labute approximate surface area is 114 Å². The Hall–Kier alpha value is -0.540. The zero-order valence-corrected chi connectivity index (χ0v) is 12.0. The minimum Gasteiger partial charge on any atom is -0.307 e. The molecule has 0 aliphatic heterocycles. The molecule has 2 rings (SSSR count). The molecule has 100 valence electrons. The van der Waals surface area contributed by atoms with E-state index in [1.54, 1.807) is 12.1 Å².